The van der Waals surface area contributed by atoms with Gasteiger partial charge < -0.3 is 10.1 Å². The van der Waals surface area contributed by atoms with E-state index in [9.17, 15) is 4.79 Å². The summed E-state index contributed by atoms with van der Waals surface area (Å²) in [6.07, 6.45) is 0. The molecule has 78 valence electrons. The van der Waals surface area contributed by atoms with Gasteiger partial charge in [0.2, 0.25) is 5.91 Å². The quantitative estimate of drug-likeness (QED) is 0.723. The molecule has 0 rings (SSSR count). The highest BCUT2D eigenvalue weighted by Crippen LogP contribution is 2.24. The van der Waals surface area contributed by atoms with Gasteiger partial charge in [0.25, 0.3) is 0 Å². The molecule has 0 aliphatic heterocycles. The molecule has 0 heterocycles. The van der Waals surface area contributed by atoms with Crippen LogP contribution in [0.2, 0.25) is 0 Å². The van der Waals surface area contributed by atoms with Crippen LogP contribution in [0.1, 0.15) is 27.7 Å². The SMILES string of the molecule is COCC(=O)NCC(C)C(C)(C)C. The third kappa shape index (κ3) is 5.64. The van der Waals surface area contributed by atoms with Gasteiger partial charge in [0, 0.05) is 13.7 Å². The maximum Gasteiger partial charge on any atom is 0.245 e. The third-order valence-electron chi connectivity index (χ3n) is 2.36. The Kier molecular flexibility index (Phi) is 4.99. The standard InChI is InChI=1S/C10H21NO2/c1-8(10(2,3)4)6-11-9(12)7-13-5/h8H,6-7H2,1-5H3,(H,11,12). The van der Waals surface area contributed by atoms with Crippen molar-refractivity contribution in [1.29, 1.82) is 0 Å². The van der Waals surface area contributed by atoms with Crippen LogP contribution in [0.25, 0.3) is 0 Å². The van der Waals surface area contributed by atoms with E-state index in [-0.39, 0.29) is 17.9 Å². The minimum Gasteiger partial charge on any atom is -0.375 e. The number of hydrogen-bond donors (Lipinski definition) is 1. The maximum atomic E-state index is 11.0. The number of ether oxygens (including phenoxy) is 1. The number of nitrogens with one attached hydrogen (secondary N) is 1. The number of rotatable bonds is 4. The van der Waals surface area contributed by atoms with E-state index in [4.69, 9.17) is 4.74 Å². The van der Waals surface area contributed by atoms with E-state index < -0.39 is 0 Å². The lowest BCUT2D eigenvalue weighted by Gasteiger charge is -2.27. The van der Waals surface area contributed by atoms with Gasteiger partial charge in [-0.3, -0.25) is 4.79 Å². The van der Waals surface area contributed by atoms with Gasteiger partial charge in [0.1, 0.15) is 6.61 Å². The van der Waals surface area contributed by atoms with E-state index in [2.05, 4.69) is 33.0 Å². The second-order valence-corrected chi connectivity index (χ2v) is 4.50. The van der Waals surface area contributed by atoms with Crippen molar-refractivity contribution in [2.45, 2.75) is 27.7 Å². The molecule has 0 radical (unpaired) electrons. The summed E-state index contributed by atoms with van der Waals surface area (Å²) in [5.41, 5.74) is 0.236. The van der Waals surface area contributed by atoms with E-state index in [1.54, 1.807) is 0 Å². The molecule has 0 aromatic heterocycles. The molecular weight excluding hydrogens is 166 g/mol. The summed E-state index contributed by atoms with van der Waals surface area (Å²) in [7, 11) is 1.52. The molecular formula is C10H21NO2. The summed E-state index contributed by atoms with van der Waals surface area (Å²) in [6.45, 7) is 9.50. The lowest BCUT2D eigenvalue weighted by molar-refractivity contribution is -0.125. The predicted molar refractivity (Wildman–Crippen MR) is 53.5 cm³/mol. The van der Waals surface area contributed by atoms with Crippen molar-refractivity contribution in [3.8, 4) is 0 Å². The first kappa shape index (κ1) is 12.4. The van der Waals surface area contributed by atoms with E-state index >= 15 is 0 Å². The van der Waals surface area contributed by atoms with Gasteiger partial charge >= 0.3 is 0 Å². The van der Waals surface area contributed by atoms with Crippen molar-refractivity contribution < 1.29 is 9.53 Å². The molecule has 0 saturated heterocycles. The first-order valence-corrected chi connectivity index (χ1v) is 4.63. The first-order valence-electron chi connectivity index (χ1n) is 4.63. The molecule has 1 atom stereocenters. The zero-order valence-electron chi connectivity index (χ0n) is 9.31. The normalized spacial score (nSPS) is 13.9. The molecule has 1 N–H and O–H groups in total. The van der Waals surface area contributed by atoms with Gasteiger partial charge in [0.15, 0.2) is 0 Å². The molecule has 0 aliphatic carbocycles. The molecule has 0 saturated carbocycles. The summed E-state index contributed by atoms with van der Waals surface area (Å²) in [4.78, 5) is 11.0. The fourth-order valence-corrected chi connectivity index (χ4v) is 0.755. The van der Waals surface area contributed by atoms with Crippen molar-refractivity contribution in [2.75, 3.05) is 20.3 Å². The van der Waals surface area contributed by atoms with Gasteiger partial charge in [-0.1, -0.05) is 27.7 Å². The highest BCUT2D eigenvalue weighted by Gasteiger charge is 2.19. The summed E-state index contributed by atoms with van der Waals surface area (Å²) >= 11 is 0. The molecule has 0 fully saturated rings. The lowest BCUT2D eigenvalue weighted by Crippen LogP contribution is -2.35. The van der Waals surface area contributed by atoms with Crippen molar-refractivity contribution in [1.82, 2.24) is 5.32 Å². The smallest absolute Gasteiger partial charge is 0.245 e. The fraction of sp³-hybridized carbons (Fsp3) is 0.900. The van der Waals surface area contributed by atoms with E-state index in [0.717, 1.165) is 0 Å². The Hall–Kier alpha value is -0.570. The van der Waals surface area contributed by atoms with Gasteiger partial charge in [-0.25, -0.2) is 0 Å². The number of carbonyl (C=O) groups is 1. The van der Waals surface area contributed by atoms with Crippen LogP contribution in [0.3, 0.4) is 0 Å². The van der Waals surface area contributed by atoms with Crippen LogP contribution in [0.4, 0.5) is 0 Å². The second-order valence-electron chi connectivity index (χ2n) is 4.50. The average molecular weight is 187 g/mol. The molecule has 0 aliphatic rings. The third-order valence-corrected chi connectivity index (χ3v) is 2.36. The molecule has 0 spiro atoms. The van der Waals surface area contributed by atoms with Crippen molar-refractivity contribution in [2.24, 2.45) is 11.3 Å². The minimum absolute atomic E-state index is 0.0430. The molecule has 13 heavy (non-hydrogen) atoms. The van der Waals surface area contributed by atoms with Crippen molar-refractivity contribution in [3.63, 3.8) is 0 Å². The Morgan fingerprint density at radius 2 is 2.00 bits per heavy atom. The van der Waals surface area contributed by atoms with Crippen LogP contribution in [0.15, 0.2) is 0 Å². The average Bonchev–Trinajstić information content (AvgIpc) is 1.99. The lowest BCUT2D eigenvalue weighted by atomic mass is 9.82. The van der Waals surface area contributed by atoms with Crippen LogP contribution in [-0.2, 0) is 9.53 Å². The number of hydrogen-bond acceptors (Lipinski definition) is 2. The molecule has 0 aromatic carbocycles. The van der Waals surface area contributed by atoms with E-state index in [1.807, 2.05) is 0 Å². The fourth-order valence-electron chi connectivity index (χ4n) is 0.755. The highest BCUT2D eigenvalue weighted by molar-refractivity contribution is 5.77. The monoisotopic (exact) mass is 187 g/mol. The van der Waals surface area contributed by atoms with Gasteiger partial charge in [0.05, 0.1) is 0 Å². The second kappa shape index (κ2) is 5.22. The van der Waals surface area contributed by atoms with Crippen LogP contribution < -0.4 is 5.32 Å². The Bertz CT molecular complexity index is 161. The van der Waals surface area contributed by atoms with Crippen molar-refractivity contribution >= 4 is 5.91 Å². The highest BCUT2D eigenvalue weighted by atomic mass is 16.5. The number of methoxy groups -OCH3 is 1. The van der Waals surface area contributed by atoms with E-state index in [0.29, 0.717) is 12.5 Å². The van der Waals surface area contributed by atoms with Gasteiger partial charge in [-0.15, -0.1) is 0 Å². The first-order chi connectivity index (χ1) is 5.88. The Balaban J connectivity index is 3.70. The maximum absolute atomic E-state index is 11.0. The largest absolute Gasteiger partial charge is 0.375 e. The Morgan fingerprint density at radius 3 is 2.38 bits per heavy atom. The zero-order chi connectivity index (χ0) is 10.5. The predicted octanol–water partition coefficient (Wildman–Crippen LogP) is 1.43. The number of carbonyl (C=O) groups excluding carboxylic acids is 1. The molecule has 0 bridgehead atoms. The van der Waals surface area contributed by atoms with Gasteiger partial charge in [-0.05, 0) is 11.3 Å². The molecule has 3 nitrogen and oxygen atoms in total. The van der Waals surface area contributed by atoms with E-state index in [1.165, 1.54) is 7.11 Å². The summed E-state index contributed by atoms with van der Waals surface area (Å²) < 4.78 is 4.71. The minimum atomic E-state index is -0.0430. The molecule has 1 unspecified atom stereocenters. The zero-order valence-corrected chi connectivity index (χ0v) is 9.31. The van der Waals surface area contributed by atoms with Crippen LogP contribution >= 0.6 is 0 Å². The summed E-state index contributed by atoms with van der Waals surface area (Å²) in [6, 6.07) is 0. The molecule has 3 heteroatoms. The summed E-state index contributed by atoms with van der Waals surface area (Å²) in [5.74, 6) is 0.423. The molecule has 1 amide bonds. The topological polar surface area (TPSA) is 38.3 Å². The van der Waals surface area contributed by atoms with Crippen molar-refractivity contribution in [3.05, 3.63) is 0 Å². The summed E-state index contributed by atoms with van der Waals surface area (Å²) in [5, 5.41) is 2.83. The van der Waals surface area contributed by atoms with Crippen LogP contribution in [-0.4, -0.2) is 26.2 Å². The number of amides is 1. The molecule has 0 aromatic rings. The van der Waals surface area contributed by atoms with Crippen LogP contribution in [0, 0.1) is 11.3 Å². The van der Waals surface area contributed by atoms with Gasteiger partial charge in [-0.2, -0.15) is 0 Å². The Morgan fingerprint density at radius 1 is 1.46 bits per heavy atom. The Labute approximate surface area is 80.8 Å². The van der Waals surface area contributed by atoms with Crippen LogP contribution in [0.5, 0.6) is 0 Å².